The standard InChI is InChI=1S/C28H56O2.C17H34O2/c1-3-5-7-9-11-13-15-16-18-20-22-24-26-27(28(29)30)25-23-21-19-17-14-12-10-8-6-4-2;1-4-5-6-7-8-9-10-11-12-13-14-15-17(18)19-16(2)3/h27H,3-26H2,1-2H3,(H,29,30);16H,4-15H2,1-3H3. The summed E-state index contributed by atoms with van der Waals surface area (Å²) in [7, 11) is 0. The molecule has 4 nitrogen and oxygen atoms in total. The molecule has 1 N–H and O–H groups in total. The molecule has 0 heterocycles. The van der Waals surface area contributed by atoms with Gasteiger partial charge < -0.3 is 9.84 Å². The van der Waals surface area contributed by atoms with Crippen molar-refractivity contribution in [1.29, 1.82) is 0 Å². The van der Waals surface area contributed by atoms with Gasteiger partial charge in [-0.25, -0.2) is 0 Å². The Morgan fingerprint density at radius 3 is 0.898 bits per heavy atom. The first-order chi connectivity index (χ1) is 23.9. The maximum absolute atomic E-state index is 11.5. The number of carboxylic acid groups (broad SMARTS) is 1. The summed E-state index contributed by atoms with van der Waals surface area (Å²) in [5.41, 5.74) is 0. The van der Waals surface area contributed by atoms with Crippen LogP contribution in [0, 0.1) is 5.92 Å². The third-order valence-electron chi connectivity index (χ3n) is 10.0. The van der Waals surface area contributed by atoms with Crippen LogP contribution in [0.25, 0.3) is 0 Å². The number of aliphatic carboxylic acids is 1. The molecule has 0 aromatic heterocycles. The Balaban J connectivity index is 0. The largest absolute Gasteiger partial charge is 0.481 e. The first kappa shape index (κ1) is 50.0. The lowest BCUT2D eigenvalue weighted by Gasteiger charge is -2.12. The van der Waals surface area contributed by atoms with Crippen LogP contribution in [0.1, 0.15) is 266 Å². The number of esters is 1. The number of carbonyl (C=O) groups is 2. The minimum absolute atomic E-state index is 0.0280. The second-order valence-corrected chi connectivity index (χ2v) is 15.5. The molecule has 49 heavy (non-hydrogen) atoms. The zero-order chi connectivity index (χ0) is 36.5. The van der Waals surface area contributed by atoms with E-state index in [4.69, 9.17) is 4.74 Å². The highest BCUT2D eigenvalue weighted by Gasteiger charge is 2.16. The Kier molecular flexibility index (Phi) is 44.0. The van der Waals surface area contributed by atoms with Gasteiger partial charge in [0.15, 0.2) is 0 Å². The Bertz CT molecular complexity index is 646. The summed E-state index contributed by atoms with van der Waals surface area (Å²) >= 11 is 0. The summed E-state index contributed by atoms with van der Waals surface area (Å²) in [6.07, 6.45) is 46.2. The van der Waals surface area contributed by atoms with Gasteiger partial charge in [0, 0.05) is 6.42 Å². The van der Waals surface area contributed by atoms with Gasteiger partial charge in [-0.1, -0.05) is 226 Å². The molecule has 0 amide bonds. The molecule has 0 fully saturated rings. The number of carbonyl (C=O) groups excluding carboxylic acids is 1. The van der Waals surface area contributed by atoms with Gasteiger partial charge in [-0.2, -0.15) is 0 Å². The van der Waals surface area contributed by atoms with Gasteiger partial charge in [0.05, 0.1) is 12.0 Å². The van der Waals surface area contributed by atoms with Crippen LogP contribution in [0.4, 0.5) is 0 Å². The molecule has 1 unspecified atom stereocenters. The van der Waals surface area contributed by atoms with Gasteiger partial charge in [-0.15, -0.1) is 0 Å². The molecule has 294 valence electrons. The molecule has 0 aromatic rings. The zero-order valence-electron chi connectivity index (χ0n) is 34.3. The highest BCUT2D eigenvalue weighted by molar-refractivity contribution is 5.70. The van der Waals surface area contributed by atoms with Crippen molar-refractivity contribution in [2.75, 3.05) is 0 Å². The second kappa shape index (κ2) is 43.1. The van der Waals surface area contributed by atoms with E-state index in [1.807, 2.05) is 13.8 Å². The second-order valence-electron chi connectivity index (χ2n) is 15.5. The molecule has 0 rings (SSSR count). The smallest absolute Gasteiger partial charge is 0.306 e. The van der Waals surface area contributed by atoms with Crippen LogP contribution in [0.2, 0.25) is 0 Å². The lowest BCUT2D eigenvalue weighted by Crippen LogP contribution is -2.13. The first-order valence-corrected chi connectivity index (χ1v) is 22.3. The minimum atomic E-state index is -0.561. The van der Waals surface area contributed by atoms with E-state index in [-0.39, 0.29) is 18.0 Å². The number of unbranched alkanes of at least 4 members (excludes halogenated alkanes) is 30. The lowest BCUT2D eigenvalue weighted by molar-refractivity contribution is -0.147. The molecule has 0 spiro atoms. The minimum Gasteiger partial charge on any atom is -0.481 e. The van der Waals surface area contributed by atoms with Crippen molar-refractivity contribution in [3.63, 3.8) is 0 Å². The molecule has 0 saturated carbocycles. The van der Waals surface area contributed by atoms with E-state index in [9.17, 15) is 14.7 Å². The molecule has 0 aliphatic rings. The van der Waals surface area contributed by atoms with E-state index >= 15 is 0 Å². The van der Waals surface area contributed by atoms with Crippen molar-refractivity contribution in [3.05, 3.63) is 0 Å². The summed E-state index contributed by atoms with van der Waals surface area (Å²) in [5.74, 6) is -0.693. The third kappa shape index (κ3) is 44.9. The summed E-state index contributed by atoms with van der Waals surface area (Å²) < 4.78 is 5.10. The molecule has 0 aromatic carbocycles. The van der Waals surface area contributed by atoms with Gasteiger partial charge in [-0.05, 0) is 33.1 Å². The quantitative estimate of drug-likeness (QED) is 0.0516. The molecule has 1 atom stereocenters. The number of ether oxygens (including phenoxy) is 1. The van der Waals surface area contributed by atoms with Gasteiger partial charge in [-0.3, -0.25) is 9.59 Å². The van der Waals surface area contributed by atoms with Crippen molar-refractivity contribution < 1.29 is 19.4 Å². The Labute approximate surface area is 308 Å². The Morgan fingerprint density at radius 1 is 0.408 bits per heavy atom. The molecular formula is C45H90O4. The maximum Gasteiger partial charge on any atom is 0.306 e. The number of rotatable bonds is 38. The van der Waals surface area contributed by atoms with E-state index in [0.717, 1.165) is 32.1 Å². The van der Waals surface area contributed by atoms with E-state index in [1.165, 1.54) is 193 Å². The SMILES string of the molecule is CCCCCCCCCCCCCC(=O)OC(C)C.CCCCCCCCCCCCCCC(CCCCCCCCCCCC)C(=O)O. The van der Waals surface area contributed by atoms with Crippen molar-refractivity contribution in [2.24, 2.45) is 5.92 Å². The third-order valence-corrected chi connectivity index (χ3v) is 10.0. The monoisotopic (exact) mass is 695 g/mol. The van der Waals surface area contributed by atoms with Crippen LogP contribution in [-0.2, 0) is 14.3 Å². The van der Waals surface area contributed by atoms with Crippen LogP contribution < -0.4 is 0 Å². The van der Waals surface area contributed by atoms with Crippen molar-refractivity contribution in [3.8, 4) is 0 Å². The summed E-state index contributed by atoms with van der Waals surface area (Å²) in [6.45, 7) is 10.6. The van der Waals surface area contributed by atoms with E-state index in [1.54, 1.807) is 0 Å². The Hall–Kier alpha value is -1.06. The number of hydrogen-bond donors (Lipinski definition) is 1. The van der Waals surface area contributed by atoms with Gasteiger partial charge in [0.25, 0.3) is 0 Å². The van der Waals surface area contributed by atoms with Crippen LogP contribution >= 0.6 is 0 Å². The van der Waals surface area contributed by atoms with Crippen molar-refractivity contribution in [2.45, 2.75) is 272 Å². The average molecular weight is 695 g/mol. The first-order valence-electron chi connectivity index (χ1n) is 22.3. The summed E-state index contributed by atoms with van der Waals surface area (Å²) in [6, 6.07) is 0. The topological polar surface area (TPSA) is 63.6 Å². The highest BCUT2D eigenvalue weighted by atomic mass is 16.5. The van der Waals surface area contributed by atoms with Gasteiger partial charge in [0.1, 0.15) is 0 Å². The highest BCUT2D eigenvalue weighted by Crippen LogP contribution is 2.20. The summed E-state index contributed by atoms with van der Waals surface area (Å²) in [5, 5.41) is 9.49. The zero-order valence-corrected chi connectivity index (χ0v) is 34.3. The van der Waals surface area contributed by atoms with Crippen LogP contribution in [0.5, 0.6) is 0 Å². The van der Waals surface area contributed by atoms with Gasteiger partial charge >= 0.3 is 11.9 Å². The molecule has 0 saturated heterocycles. The maximum atomic E-state index is 11.5. The fourth-order valence-corrected chi connectivity index (χ4v) is 6.76. The number of carboxylic acids is 1. The van der Waals surface area contributed by atoms with Crippen LogP contribution in [0.15, 0.2) is 0 Å². The van der Waals surface area contributed by atoms with Crippen molar-refractivity contribution >= 4 is 11.9 Å². The van der Waals surface area contributed by atoms with Crippen LogP contribution in [-0.4, -0.2) is 23.1 Å². The predicted molar refractivity (Wildman–Crippen MR) is 216 cm³/mol. The van der Waals surface area contributed by atoms with Gasteiger partial charge in [0.2, 0.25) is 0 Å². The lowest BCUT2D eigenvalue weighted by atomic mass is 9.94. The summed E-state index contributed by atoms with van der Waals surface area (Å²) in [4.78, 5) is 22.8. The molecular weight excluding hydrogens is 604 g/mol. The predicted octanol–water partition coefficient (Wildman–Crippen LogP) is 15.7. The Morgan fingerprint density at radius 2 is 0.653 bits per heavy atom. The van der Waals surface area contributed by atoms with E-state index in [0.29, 0.717) is 6.42 Å². The van der Waals surface area contributed by atoms with E-state index in [2.05, 4.69) is 20.8 Å². The molecule has 0 aliphatic heterocycles. The van der Waals surface area contributed by atoms with Crippen molar-refractivity contribution in [1.82, 2.24) is 0 Å². The van der Waals surface area contributed by atoms with E-state index < -0.39 is 5.97 Å². The van der Waals surface area contributed by atoms with Crippen LogP contribution in [0.3, 0.4) is 0 Å². The number of hydrogen-bond acceptors (Lipinski definition) is 3. The fourth-order valence-electron chi connectivity index (χ4n) is 6.76. The molecule has 0 bridgehead atoms. The average Bonchev–Trinajstić information content (AvgIpc) is 3.07. The molecule has 4 heteroatoms. The fraction of sp³-hybridized carbons (Fsp3) is 0.956. The normalized spacial score (nSPS) is 11.8. The molecule has 0 radical (unpaired) electrons. The molecule has 0 aliphatic carbocycles.